The SMILES string of the molecule is CCc1nnc(CN2CCC[C@H]2c2ccc(COC)o2)o1. The molecular weight excluding hydrogens is 270 g/mol. The van der Waals surface area contributed by atoms with Crippen molar-refractivity contribution in [3.63, 3.8) is 0 Å². The first kappa shape index (κ1) is 14.3. The Labute approximate surface area is 124 Å². The molecule has 2 aromatic heterocycles. The Balaban J connectivity index is 1.69. The Hall–Kier alpha value is -1.66. The summed E-state index contributed by atoms with van der Waals surface area (Å²) in [6.07, 6.45) is 3.02. The van der Waals surface area contributed by atoms with Gasteiger partial charge in [-0.05, 0) is 31.5 Å². The molecule has 0 amide bonds. The fourth-order valence-corrected chi connectivity index (χ4v) is 2.80. The standard InChI is InChI=1S/C15H21N3O3/c1-3-14-16-17-15(21-14)9-18-8-4-5-12(18)13-7-6-11(20-13)10-19-2/h6-7,12H,3-5,8-10H2,1-2H3/t12-/m0/s1. The minimum atomic E-state index is 0.285. The molecule has 0 aromatic carbocycles. The highest BCUT2D eigenvalue weighted by Gasteiger charge is 2.29. The van der Waals surface area contributed by atoms with E-state index in [2.05, 4.69) is 15.1 Å². The fraction of sp³-hybridized carbons (Fsp3) is 0.600. The number of nitrogens with zero attached hydrogens (tertiary/aromatic N) is 3. The number of hydrogen-bond acceptors (Lipinski definition) is 6. The number of aromatic nitrogens is 2. The Kier molecular flexibility index (Phi) is 4.36. The lowest BCUT2D eigenvalue weighted by Gasteiger charge is -2.20. The van der Waals surface area contributed by atoms with Gasteiger partial charge in [-0.15, -0.1) is 10.2 Å². The van der Waals surface area contributed by atoms with Gasteiger partial charge in [-0.25, -0.2) is 0 Å². The van der Waals surface area contributed by atoms with E-state index in [-0.39, 0.29) is 6.04 Å². The van der Waals surface area contributed by atoms with Gasteiger partial charge in [0.15, 0.2) is 0 Å². The van der Waals surface area contributed by atoms with Crippen LogP contribution in [-0.4, -0.2) is 28.8 Å². The average Bonchev–Trinajstić information content (AvgIpc) is 3.20. The monoisotopic (exact) mass is 291 g/mol. The molecule has 21 heavy (non-hydrogen) atoms. The van der Waals surface area contributed by atoms with Crippen molar-refractivity contribution >= 4 is 0 Å². The third-order valence-corrected chi connectivity index (χ3v) is 3.81. The van der Waals surface area contributed by atoms with Gasteiger partial charge in [0.1, 0.15) is 18.1 Å². The van der Waals surface area contributed by atoms with Crippen LogP contribution in [0.2, 0.25) is 0 Å². The molecule has 0 radical (unpaired) electrons. The molecule has 6 heteroatoms. The number of ether oxygens (including phenoxy) is 1. The minimum absolute atomic E-state index is 0.285. The number of aryl methyl sites for hydroxylation is 1. The van der Waals surface area contributed by atoms with E-state index >= 15 is 0 Å². The van der Waals surface area contributed by atoms with E-state index < -0.39 is 0 Å². The quantitative estimate of drug-likeness (QED) is 0.815. The highest BCUT2D eigenvalue weighted by Crippen LogP contribution is 2.34. The van der Waals surface area contributed by atoms with Gasteiger partial charge in [-0.2, -0.15) is 0 Å². The molecule has 3 rings (SSSR count). The molecule has 1 atom stereocenters. The average molecular weight is 291 g/mol. The third kappa shape index (κ3) is 3.16. The van der Waals surface area contributed by atoms with Crippen molar-refractivity contribution in [2.24, 2.45) is 0 Å². The largest absolute Gasteiger partial charge is 0.462 e. The maximum Gasteiger partial charge on any atom is 0.230 e. The van der Waals surface area contributed by atoms with E-state index in [9.17, 15) is 0 Å². The second-order valence-electron chi connectivity index (χ2n) is 5.31. The van der Waals surface area contributed by atoms with Crippen molar-refractivity contribution in [2.45, 2.75) is 45.4 Å². The van der Waals surface area contributed by atoms with Crippen molar-refractivity contribution in [3.8, 4) is 0 Å². The van der Waals surface area contributed by atoms with Gasteiger partial charge in [0.2, 0.25) is 11.8 Å². The zero-order valence-corrected chi connectivity index (χ0v) is 12.5. The zero-order chi connectivity index (χ0) is 14.7. The molecule has 0 bridgehead atoms. The van der Waals surface area contributed by atoms with E-state index in [1.165, 1.54) is 0 Å². The maximum atomic E-state index is 5.87. The second-order valence-corrected chi connectivity index (χ2v) is 5.31. The first-order valence-electron chi connectivity index (χ1n) is 7.43. The van der Waals surface area contributed by atoms with E-state index in [1.54, 1.807) is 7.11 Å². The summed E-state index contributed by atoms with van der Waals surface area (Å²) in [6, 6.07) is 4.31. The lowest BCUT2D eigenvalue weighted by atomic mass is 10.1. The van der Waals surface area contributed by atoms with Crippen LogP contribution < -0.4 is 0 Å². The molecule has 0 saturated carbocycles. The molecule has 1 saturated heterocycles. The number of rotatable bonds is 6. The number of hydrogen-bond donors (Lipinski definition) is 0. The van der Waals surface area contributed by atoms with E-state index in [0.29, 0.717) is 24.9 Å². The highest BCUT2D eigenvalue weighted by atomic mass is 16.5. The molecule has 3 heterocycles. The van der Waals surface area contributed by atoms with Gasteiger partial charge in [-0.3, -0.25) is 4.90 Å². The number of likely N-dealkylation sites (tertiary alicyclic amines) is 1. The van der Waals surface area contributed by atoms with E-state index in [1.807, 2.05) is 19.1 Å². The van der Waals surface area contributed by atoms with Crippen LogP contribution in [0.4, 0.5) is 0 Å². The van der Waals surface area contributed by atoms with Gasteiger partial charge in [-0.1, -0.05) is 6.92 Å². The smallest absolute Gasteiger partial charge is 0.230 e. The Bertz CT molecular complexity index is 578. The Morgan fingerprint density at radius 1 is 1.29 bits per heavy atom. The Morgan fingerprint density at radius 3 is 2.90 bits per heavy atom. The van der Waals surface area contributed by atoms with Crippen molar-refractivity contribution in [1.29, 1.82) is 0 Å². The summed E-state index contributed by atoms with van der Waals surface area (Å²) in [6.45, 7) is 4.22. The molecule has 0 spiro atoms. The summed E-state index contributed by atoms with van der Waals surface area (Å²) in [7, 11) is 1.67. The van der Waals surface area contributed by atoms with Gasteiger partial charge in [0.25, 0.3) is 0 Å². The summed E-state index contributed by atoms with van der Waals surface area (Å²) in [5.41, 5.74) is 0. The van der Waals surface area contributed by atoms with Gasteiger partial charge in [0, 0.05) is 13.5 Å². The first-order chi connectivity index (χ1) is 10.3. The summed E-state index contributed by atoms with van der Waals surface area (Å²) in [5.74, 6) is 3.24. The predicted molar refractivity (Wildman–Crippen MR) is 75.5 cm³/mol. The van der Waals surface area contributed by atoms with E-state index in [4.69, 9.17) is 13.6 Å². The van der Waals surface area contributed by atoms with Crippen LogP contribution in [0.5, 0.6) is 0 Å². The van der Waals surface area contributed by atoms with Crippen molar-refractivity contribution in [1.82, 2.24) is 15.1 Å². The van der Waals surface area contributed by atoms with Crippen molar-refractivity contribution in [2.75, 3.05) is 13.7 Å². The summed E-state index contributed by atoms with van der Waals surface area (Å²) >= 11 is 0. The van der Waals surface area contributed by atoms with Crippen LogP contribution in [0.25, 0.3) is 0 Å². The van der Waals surface area contributed by atoms with Crippen LogP contribution in [0.3, 0.4) is 0 Å². The lowest BCUT2D eigenvalue weighted by molar-refractivity contribution is 0.153. The van der Waals surface area contributed by atoms with Crippen LogP contribution in [0.1, 0.15) is 49.1 Å². The third-order valence-electron chi connectivity index (χ3n) is 3.81. The lowest BCUT2D eigenvalue weighted by Crippen LogP contribution is -2.22. The zero-order valence-electron chi connectivity index (χ0n) is 12.5. The first-order valence-corrected chi connectivity index (χ1v) is 7.43. The van der Waals surface area contributed by atoms with Gasteiger partial charge < -0.3 is 13.6 Å². The molecule has 1 aliphatic heterocycles. The van der Waals surface area contributed by atoms with Crippen molar-refractivity contribution < 1.29 is 13.6 Å². The number of methoxy groups -OCH3 is 1. The number of furan rings is 1. The fourth-order valence-electron chi connectivity index (χ4n) is 2.80. The molecule has 1 fully saturated rings. The van der Waals surface area contributed by atoms with Crippen LogP contribution in [0, 0.1) is 0 Å². The molecule has 6 nitrogen and oxygen atoms in total. The molecule has 0 N–H and O–H groups in total. The van der Waals surface area contributed by atoms with Crippen LogP contribution in [-0.2, 0) is 24.3 Å². The predicted octanol–water partition coefficient (Wildman–Crippen LogP) is 2.71. The molecular formula is C15H21N3O3. The molecule has 1 aliphatic rings. The van der Waals surface area contributed by atoms with Gasteiger partial charge in [0.05, 0.1) is 12.6 Å². The molecule has 114 valence electrons. The molecule has 0 unspecified atom stereocenters. The minimum Gasteiger partial charge on any atom is -0.462 e. The summed E-state index contributed by atoms with van der Waals surface area (Å²) in [5, 5.41) is 8.12. The second kappa shape index (κ2) is 6.41. The van der Waals surface area contributed by atoms with Crippen LogP contribution >= 0.6 is 0 Å². The Morgan fingerprint density at radius 2 is 2.14 bits per heavy atom. The van der Waals surface area contributed by atoms with E-state index in [0.717, 1.165) is 37.3 Å². The highest BCUT2D eigenvalue weighted by molar-refractivity contribution is 5.12. The van der Waals surface area contributed by atoms with Gasteiger partial charge >= 0.3 is 0 Å². The summed E-state index contributed by atoms with van der Waals surface area (Å²) < 4.78 is 16.6. The molecule has 2 aromatic rings. The maximum absolute atomic E-state index is 5.87. The summed E-state index contributed by atoms with van der Waals surface area (Å²) in [4.78, 5) is 2.34. The topological polar surface area (TPSA) is 64.5 Å². The van der Waals surface area contributed by atoms with Crippen LogP contribution in [0.15, 0.2) is 21.0 Å². The van der Waals surface area contributed by atoms with Crippen molar-refractivity contribution in [3.05, 3.63) is 35.4 Å². The normalized spacial score (nSPS) is 19.4. The molecule has 0 aliphatic carbocycles.